The molecule has 1 aromatic carbocycles. The van der Waals surface area contributed by atoms with E-state index in [0.717, 1.165) is 62.5 Å². The number of anilines is 1. The first kappa shape index (κ1) is 19.3. The Labute approximate surface area is 177 Å². The Balaban J connectivity index is 1.62. The minimum Gasteiger partial charge on any atom is -0.329 e. The SMILES string of the molecule is Cc1cccnc1NC(=O)[C@@H]1c2ccccc2C(=O)N(C2CCCC2)C12CCCC2. The van der Waals surface area contributed by atoms with Crippen LogP contribution in [0.3, 0.4) is 0 Å². The molecule has 2 aromatic rings. The molecule has 1 atom stereocenters. The second-order valence-electron chi connectivity index (χ2n) is 9.10. The fourth-order valence-corrected chi connectivity index (χ4v) is 6.10. The Kier molecular flexibility index (Phi) is 4.84. The van der Waals surface area contributed by atoms with Crippen molar-refractivity contribution in [2.75, 3.05) is 5.32 Å². The standard InChI is InChI=1S/C25H29N3O2/c1-17-9-8-16-26-22(17)27-23(29)21-19-12-4-5-13-20(19)24(30)28(18-10-2-3-11-18)25(21)14-6-7-15-25/h4-5,8-9,12-13,16,18,21H,2-3,6-7,10-11,14-15H2,1H3,(H,26,27,29)/t21-/m0/s1. The molecular formula is C25H29N3O2. The lowest BCUT2D eigenvalue weighted by Gasteiger charge is -2.52. The van der Waals surface area contributed by atoms with Crippen LogP contribution in [0.5, 0.6) is 0 Å². The number of fused-ring (bicyclic) bond motifs is 1. The first-order valence-electron chi connectivity index (χ1n) is 11.3. The van der Waals surface area contributed by atoms with Gasteiger partial charge in [0, 0.05) is 17.8 Å². The van der Waals surface area contributed by atoms with Gasteiger partial charge in [0.15, 0.2) is 0 Å². The third-order valence-electron chi connectivity index (χ3n) is 7.41. The maximum atomic E-state index is 13.8. The van der Waals surface area contributed by atoms with Gasteiger partial charge in [-0.3, -0.25) is 9.59 Å². The average molecular weight is 404 g/mol. The maximum absolute atomic E-state index is 13.8. The summed E-state index contributed by atoms with van der Waals surface area (Å²) in [6, 6.07) is 11.8. The Morgan fingerprint density at radius 1 is 1.07 bits per heavy atom. The molecule has 2 amide bonds. The van der Waals surface area contributed by atoms with E-state index in [-0.39, 0.29) is 23.8 Å². The van der Waals surface area contributed by atoms with Gasteiger partial charge in [0.2, 0.25) is 5.91 Å². The molecule has 1 N–H and O–H groups in total. The molecule has 3 aliphatic rings. The highest BCUT2D eigenvalue weighted by Crippen LogP contribution is 2.52. The number of nitrogens with zero attached hydrogens (tertiary/aromatic N) is 2. The number of hydrogen-bond donors (Lipinski definition) is 1. The Hall–Kier alpha value is -2.69. The Morgan fingerprint density at radius 3 is 2.53 bits per heavy atom. The Morgan fingerprint density at radius 2 is 1.80 bits per heavy atom. The van der Waals surface area contributed by atoms with Crippen LogP contribution in [0.15, 0.2) is 42.6 Å². The molecule has 2 aliphatic carbocycles. The zero-order valence-electron chi connectivity index (χ0n) is 17.6. The first-order chi connectivity index (χ1) is 14.6. The van der Waals surface area contributed by atoms with Gasteiger partial charge < -0.3 is 10.2 Å². The van der Waals surface area contributed by atoms with Crippen LogP contribution in [-0.4, -0.2) is 33.3 Å². The summed E-state index contributed by atoms with van der Waals surface area (Å²) in [5.41, 5.74) is 2.09. The van der Waals surface area contributed by atoms with E-state index in [9.17, 15) is 9.59 Å². The van der Waals surface area contributed by atoms with E-state index in [2.05, 4.69) is 15.2 Å². The molecule has 5 rings (SSSR count). The predicted octanol–water partition coefficient (Wildman–Crippen LogP) is 4.82. The molecule has 0 unspecified atom stereocenters. The van der Waals surface area contributed by atoms with E-state index in [1.807, 2.05) is 43.3 Å². The van der Waals surface area contributed by atoms with Crippen LogP contribution in [0.2, 0.25) is 0 Å². The normalized spacial score (nSPS) is 23.0. The van der Waals surface area contributed by atoms with Gasteiger partial charge in [0.1, 0.15) is 5.82 Å². The van der Waals surface area contributed by atoms with Crippen LogP contribution in [0.25, 0.3) is 0 Å². The van der Waals surface area contributed by atoms with E-state index in [4.69, 9.17) is 0 Å². The van der Waals surface area contributed by atoms with Crippen molar-refractivity contribution in [3.63, 3.8) is 0 Å². The molecule has 1 spiro atoms. The lowest BCUT2D eigenvalue weighted by atomic mass is 9.70. The molecule has 2 heterocycles. The van der Waals surface area contributed by atoms with E-state index in [0.29, 0.717) is 11.4 Å². The summed E-state index contributed by atoms with van der Waals surface area (Å²) in [7, 11) is 0. The van der Waals surface area contributed by atoms with Gasteiger partial charge in [-0.15, -0.1) is 0 Å². The van der Waals surface area contributed by atoms with Crippen molar-refractivity contribution in [3.8, 4) is 0 Å². The molecule has 1 aromatic heterocycles. The average Bonchev–Trinajstić information content (AvgIpc) is 3.43. The van der Waals surface area contributed by atoms with Crippen LogP contribution in [0, 0.1) is 6.92 Å². The van der Waals surface area contributed by atoms with Crippen LogP contribution in [-0.2, 0) is 4.79 Å². The monoisotopic (exact) mass is 403 g/mol. The van der Waals surface area contributed by atoms with Crippen molar-refractivity contribution >= 4 is 17.6 Å². The summed E-state index contributed by atoms with van der Waals surface area (Å²) in [4.78, 5) is 34.1. The summed E-state index contributed by atoms with van der Waals surface area (Å²) < 4.78 is 0. The van der Waals surface area contributed by atoms with E-state index in [1.54, 1.807) is 6.20 Å². The Bertz CT molecular complexity index is 974. The van der Waals surface area contributed by atoms with Gasteiger partial charge >= 0.3 is 0 Å². The van der Waals surface area contributed by atoms with Gasteiger partial charge in [0.05, 0.1) is 11.5 Å². The molecule has 5 heteroatoms. The third kappa shape index (κ3) is 2.94. The number of carbonyl (C=O) groups is 2. The van der Waals surface area contributed by atoms with Crippen LogP contribution in [0.1, 0.15) is 78.8 Å². The molecule has 0 radical (unpaired) electrons. The third-order valence-corrected chi connectivity index (χ3v) is 7.41. The van der Waals surface area contributed by atoms with Crippen molar-refractivity contribution in [2.45, 2.75) is 75.8 Å². The lowest BCUT2D eigenvalue weighted by molar-refractivity contribution is -0.121. The minimum absolute atomic E-state index is 0.0401. The van der Waals surface area contributed by atoms with Crippen LogP contribution < -0.4 is 5.32 Å². The summed E-state index contributed by atoms with van der Waals surface area (Å²) in [6.45, 7) is 1.96. The van der Waals surface area contributed by atoms with Crippen molar-refractivity contribution < 1.29 is 9.59 Å². The summed E-state index contributed by atoms with van der Waals surface area (Å²) in [6.07, 6.45) is 10.0. The van der Waals surface area contributed by atoms with E-state index in [1.165, 1.54) is 0 Å². The second-order valence-corrected chi connectivity index (χ2v) is 9.10. The number of nitrogens with one attached hydrogen (secondary N) is 1. The van der Waals surface area contributed by atoms with E-state index >= 15 is 0 Å². The minimum atomic E-state index is -0.423. The first-order valence-corrected chi connectivity index (χ1v) is 11.3. The zero-order valence-corrected chi connectivity index (χ0v) is 17.6. The molecule has 5 nitrogen and oxygen atoms in total. The van der Waals surface area contributed by atoms with Gasteiger partial charge in [-0.05, 0) is 55.9 Å². The zero-order chi connectivity index (χ0) is 20.7. The molecule has 2 saturated carbocycles. The largest absolute Gasteiger partial charge is 0.329 e. The van der Waals surface area contributed by atoms with Gasteiger partial charge in [0.25, 0.3) is 5.91 Å². The van der Waals surface area contributed by atoms with Crippen molar-refractivity contribution in [3.05, 3.63) is 59.3 Å². The fraction of sp³-hybridized carbons (Fsp3) is 0.480. The number of carbonyl (C=O) groups excluding carboxylic acids is 2. The highest BCUT2D eigenvalue weighted by molar-refractivity contribution is 6.05. The van der Waals surface area contributed by atoms with Crippen molar-refractivity contribution in [1.29, 1.82) is 0 Å². The van der Waals surface area contributed by atoms with Crippen LogP contribution in [0.4, 0.5) is 5.82 Å². The topological polar surface area (TPSA) is 62.3 Å². The van der Waals surface area contributed by atoms with Crippen molar-refractivity contribution in [1.82, 2.24) is 9.88 Å². The number of aryl methyl sites for hydroxylation is 1. The van der Waals surface area contributed by atoms with E-state index < -0.39 is 5.54 Å². The molecule has 0 bridgehead atoms. The quantitative estimate of drug-likeness (QED) is 0.799. The number of amides is 2. The maximum Gasteiger partial charge on any atom is 0.254 e. The highest BCUT2D eigenvalue weighted by atomic mass is 16.2. The highest BCUT2D eigenvalue weighted by Gasteiger charge is 2.57. The van der Waals surface area contributed by atoms with Crippen LogP contribution >= 0.6 is 0 Å². The molecule has 156 valence electrons. The number of rotatable bonds is 3. The molecule has 0 saturated heterocycles. The smallest absolute Gasteiger partial charge is 0.254 e. The number of benzene rings is 1. The second kappa shape index (κ2) is 7.53. The predicted molar refractivity (Wildman–Crippen MR) is 116 cm³/mol. The van der Waals surface area contributed by atoms with Gasteiger partial charge in [-0.25, -0.2) is 4.98 Å². The molecule has 30 heavy (non-hydrogen) atoms. The number of pyridine rings is 1. The molecular weight excluding hydrogens is 374 g/mol. The number of hydrogen-bond acceptors (Lipinski definition) is 3. The number of aromatic nitrogens is 1. The molecule has 2 fully saturated rings. The van der Waals surface area contributed by atoms with Gasteiger partial charge in [-0.1, -0.05) is 49.9 Å². The summed E-state index contributed by atoms with van der Waals surface area (Å²) >= 11 is 0. The van der Waals surface area contributed by atoms with Crippen molar-refractivity contribution in [2.24, 2.45) is 0 Å². The summed E-state index contributed by atoms with van der Waals surface area (Å²) in [5, 5.41) is 3.11. The van der Waals surface area contributed by atoms with Gasteiger partial charge in [-0.2, -0.15) is 0 Å². The fourth-order valence-electron chi connectivity index (χ4n) is 6.10. The lowest BCUT2D eigenvalue weighted by Crippen LogP contribution is -2.62. The molecule has 1 aliphatic heterocycles. The summed E-state index contributed by atoms with van der Waals surface area (Å²) in [5.74, 6) is 0.326.